The maximum Gasteiger partial charge on any atom is 0.287 e. The first kappa shape index (κ1) is 17.3. The molecule has 25 heavy (non-hydrogen) atoms. The molecular weight excluding hydrogens is 320 g/mol. The van der Waals surface area contributed by atoms with Gasteiger partial charge in [-0.2, -0.15) is 5.10 Å². The number of aryl methyl sites for hydroxylation is 2. The fourth-order valence-electron chi connectivity index (χ4n) is 3.56. The molecule has 2 aromatic heterocycles. The van der Waals surface area contributed by atoms with E-state index in [1.54, 1.807) is 16.9 Å². The third-order valence-corrected chi connectivity index (χ3v) is 4.83. The van der Waals surface area contributed by atoms with Crippen LogP contribution < -0.4 is 5.32 Å². The second-order valence-electron chi connectivity index (χ2n) is 6.51. The first-order valence-electron chi connectivity index (χ1n) is 8.61. The number of aromatic nitrogens is 2. The van der Waals surface area contributed by atoms with Crippen LogP contribution in [0.4, 0.5) is 0 Å². The van der Waals surface area contributed by atoms with Gasteiger partial charge in [0, 0.05) is 49.8 Å². The lowest BCUT2D eigenvalue weighted by Crippen LogP contribution is -2.46. The summed E-state index contributed by atoms with van der Waals surface area (Å²) < 4.78 is 6.99. The van der Waals surface area contributed by atoms with Crippen molar-refractivity contribution in [2.45, 2.75) is 32.7 Å². The number of piperidine rings is 1. The molecule has 3 heterocycles. The normalized spacial score (nSPS) is 20.8. The van der Waals surface area contributed by atoms with Crippen LogP contribution in [-0.4, -0.2) is 39.6 Å². The van der Waals surface area contributed by atoms with E-state index in [0.29, 0.717) is 25.3 Å². The molecule has 1 fully saturated rings. The summed E-state index contributed by atoms with van der Waals surface area (Å²) in [7, 11) is 1.86. The number of rotatable bonds is 5. The summed E-state index contributed by atoms with van der Waals surface area (Å²) in [6.07, 6.45) is 6.51. The van der Waals surface area contributed by atoms with Crippen LogP contribution in [0.15, 0.2) is 29.1 Å². The fraction of sp³-hybridized carbons (Fsp3) is 0.500. The van der Waals surface area contributed by atoms with Crippen LogP contribution in [0.3, 0.4) is 0 Å². The molecule has 134 valence electrons. The summed E-state index contributed by atoms with van der Waals surface area (Å²) in [5.41, 5.74) is 1.82. The zero-order valence-electron chi connectivity index (χ0n) is 14.9. The standard InChI is InChI=1S/C18H24N4O3/c1-4-22-15(23)6-5-13(16(22)14-10-20-21(3)11-14)9-19-18(24)17-12(2)7-8-25-17/h7-8,10-11,13,16H,4-6,9H2,1-3H3,(H,19,24)/t13-,16+/m1/s1. The molecule has 0 saturated carbocycles. The van der Waals surface area contributed by atoms with Gasteiger partial charge in [-0.3, -0.25) is 14.3 Å². The van der Waals surface area contributed by atoms with Crippen molar-refractivity contribution in [3.8, 4) is 0 Å². The molecule has 7 nitrogen and oxygen atoms in total. The van der Waals surface area contributed by atoms with E-state index in [1.165, 1.54) is 6.26 Å². The van der Waals surface area contributed by atoms with E-state index in [-0.39, 0.29) is 23.8 Å². The Labute approximate surface area is 147 Å². The minimum atomic E-state index is -0.215. The average Bonchev–Trinajstić information content (AvgIpc) is 3.21. The molecule has 1 saturated heterocycles. The van der Waals surface area contributed by atoms with E-state index in [9.17, 15) is 9.59 Å². The van der Waals surface area contributed by atoms with E-state index in [4.69, 9.17) is 4.42 Å². The van der Waals surface area contributed by atoms with Crippen LogP contribution in [0.25, 0.3) is 0 Å². The van der Waals surface area contributed by atoms with Crippen LogP contribution in [0.5, 0.6) is 0 Å². The van der Waals surface area contributed by atoms with E-state index < -0.39 is 0 Å². The van der Waals surface area contributed by atoms with Crippen LogP contribution in [0, 0.1) is 12.8 Å². The van der Waals surface area contributed by atoms with Crippen LogP contribution in [-0.2, 0) is 11.8 Å². The van der Waals surface area contributed by atoms with Crippen LogP contribution in [0.2, 0.25) is 0 Å². The molecule has 2 aromatic rings. The highest BCUT2D eigenvalue weighted by molar-refractivity contribution is 5.92. The molecule has 0 spiro atoms. The first-order chi connectivity index (χ1) is 12.0. The van der Waals surface area contributed by atoms with Gasteiger partial charge in [0.2, 0.25) is 5.91 Å². The molecule has 7 heteroatoms. The van der Waals surface area contributed by atoms with Crippen molar-refractivity contribution in [2.75, 3.05) is 13.1 Å². The summed E-state index contributed by atoms with van der Waals surface area (Å²) in [6.45, 7) is 4.95. The molecule has 3 rings (SSSR count). The second kappa shape index (κ2) is 7.13. The first-order valence-corrected chi connectivity index (χ1v) is 8.61. The van der Waals surface area contributed by atoms with E-state index in [2.05, 4.69) is 10.4 Å². The number of carbonyl (C=O) groups is 2. The van der Waals surface area contributed by atoms with Gasteiger partial charge >= 0.3 is 0 Å². The molecule has 0 aliphatic carbocycles. The highest BCUT2D eigenvalue weighted by Crippen LogP contribution is 2.36. The Morgan fingerprint density at radius 1 is 1.48 bits per heavy atom. The van der Waals surface area contributed by atoms with Gasteiger partial charge in [0.1, 0.15) is 0 Å². The molecule has 1 aliphatic rings. The fourth-order valence-corrected chi connectivity index (χ4v) is 3.56. The van der Waals surface area contributed by atoms with Crippen molar-refractivity contribution < 1.29 is 14.0 Å². The Bertz CT molecular complexity index is 764. The number of hydrogen-bond donors (Lipinski definition) is 1. The highest BCUT2D eigenvalue weighted by Gasteiger charge is 2.36. The lowest BCUT2D eigenvalue weighted by atomic mass is 9.85. The number of nitrogens with zero attached hydrogens (tertiary/aromatic N) is 3. The monoisotopic (exact) mass is 344 g/mol. The zero-order chi connectivity index (χ0) is 18.0. The molecular formula is C18H24N4O3. The Morgan fingerprint density at radius 3 is 2.88 bits per heavy atom. The quantitative estimate of drug-likeness (QED) is 0.900. The number of hydrogen-bond acceptors (Lipinski definition) is 4. The number of furan rings is 1. The van der Waals surface area contributed by atoms with Crippen LogP contribution in [0.1, 0.15) is 47.5 Å². The third-order valence-electron chi connectivity index (χ3n) is 4.83. The maximum atomic E-state index is 12.3. The molecule has 2 atom stereocenters. The zero-order valence-corrected chi connectivity index (χ0v) is 14.9. The van der Waals surface area contributed by atoms with E-state index in [0.717, 1.165) is 17.5 Å². The van der Waals surface area contributed by atoms with Crippen LogP contribution >= 0.6 is 0 Å². The average molecular weight is 344 g/mol. The van der Waals surface area contributed by atoms with Crippen molar-refractivity contribution in [1.82, 2.24) is 20.0 Å². The van der Waals surface area contributed by atoms with E-state index in [1.807, 2.05) is 32.0 Å². The summed E-state index contributed by atoms with van der Waals surface area (Å²) in [6, 6.07) is 1.70. The molecule has 1 aliphatic heterocycles. The highest BCUT2D eigenvalue weighted by atomic mass is 16.3. The van der Waals surface area contributed by atoms with Gasteiger partial charge in [-0.25, -0.2) is 0 Å². The Balaban J connectivity index is 1.77. The third kappa shape index (κ3) is 3.45. The lowest BCUT2D eigenvalue weighted by molar-refractivity contribution is -0.138. The minimum Gasteiger partial charge on any atom is -0.459 e. The smallest absolute Gasteiger partial charge is 0.287 e. The topological polar surface area (TPSA) is 80.4 Å². The predicted octanol–water partition coefficient (Wildman–Crippen LogP) is 2.05. The van der Waals surface area contributed by atoms with E-state index >= 15 is 0 Å². The molecule has 2 amide bonds. The molecule has 0 radical (unpaired) electrons. The van der Waals surface area contributed by atoms with Gasteiger partial charge in [-0.15, -0.1) is 0 Å². The summed E-state index contributed by atoms with van der Waals surface area (Å²) >= 11 is 0. The number of carbonyl (C=O) groups excluding carboxylic acids is 2. The second-order valence-corrected chi connectivity index (χ2v) is 6.51. The van der Waals surface area contributed by atoms with Gasteiger partial charge in [0.15, 0.2) is 5.76 Å². The van der Waals surface area contributed by atoms with Gasteiger partial charge in [0.05, 0.1) is 18.5 Å². The Morgan fingerprint density at radius 2 is 2.28 bits per heavy atom. The van der Waals surface area contributed by atoms with Crippen molar-refractivity contribution in [3.63, 3.8) is 0 Å². The van der Waals surface area contributed by atoms with Gasteiger partial charge in [0.25, 0.3) is 5.91 Å². The van der Waals surface area contributed by atoms with Crippen molar-refractivity contribution in [2.24, 2.45) is 13.0 Å². The Hall–Kier alpha value is -2.57. The van der Waals surface area contributed by atoms with Crippen molar-refractivity contribution in [1.29, 1.82) is 0 Å². The molecule has 1 N–H and O–H groups in total. The van der Waals surface area contributed by atoms with Crippen molar-refractivity contribution in [3.05, 3.63) is 41.6 Å². The lowest BCUT2D eigenvalue weighted by Gasteiger charge is -2.40. The number of likely N-dealkylation sites (tertiary alicyclic amines) is 1. The largest absolute Gasteiger partial charge is 0.459 e. The molecule has 0 unspecified atom stereocenters. The van der Waals surface area contributed by atoms with Gasteiger partial charge in [-0.1, -0.05) is 0 Å². The summed E-state index contributed by atoms with van der Waals surface area (Å²) in [5.74, 6) is 0.423. The minimum absolute atomic E-state index is 0.0713. The summed E-state index contributed by atoms with van der Waals surface area (Å²) in [4.78, 5) is 26.5. The summed E-state index contributed by atoms with van der Waals surface area (Å²) in [5, 5.41) is 7.21. The van der Waals surface area contributed by atoms with Crippen molar-refractivity contribution >= 4 is 11.8 Å². The van der Waals surface area contributed by atoms with Gasteiger partial charge in [-0.05, 0) is 26.3 Å². The Kier molecular flexibility index (Phi) is 4.92. The SMILES string of the molecule is CCN1C(=O)CC[C@H](CNC(=O)c2occc2C)[C@H]1c1cnn(C)c1. The maximum absolute atomic E-state index is 12.3. The molecule has 0 aromatic carbocycles. The molecule has 0 bridgehead atoms. The number of amides is 2. The predicted molar refractivity (Wildman–Crippen MR) is 91.8 cm³/mol. The van der Waals surface area contributed by atoms with Gasteiger partial charge < -0.3 is 14.6 Å². The number of nitrogens with one attached hydrogen (secondary N) is 1.